The minimum atomic E-state index is -4.33. The van der Waals surface area contributed by atoms with Crippen LogP contribution in [0.2, 0.25) is 0 Å². The molecule has 0 amide bonds. The first-order valence-corrected chi connectivity index (χ1v) is 7.66. The summed E-state index contributed by atoms with van der Waals surface area (Å²) in [5, 5.41) is 0. The number of hydrogen-bond acceptors (Lipinski definition) is 2. The standard InChI is InChI=1S/C18H19F3N2/c19-18(20,21)15-7-4-8-17(10-15)23-11-14(9-16(22)12-23)13-5-2-1-3-6-13/h1-8,10,14,16H,9,11-12,22H2. The van der Waals surface area contributed by atoms with Gasteiger partial charge in [-0.15, -0.1) is 0 Å². The Morgan fingerprint density at radius 3 is 2.39 bits per heavy atom. The number of benzene rings is 2. The normalized spacial score (nSPS) is 22.2. The van der Waals surface area contributed by atoms with E-state index in [1.54, 1.807) is 6.07 Å². The van der Waals surface area contributed by atoms with Crippen LogP contribution < -0.4 is 10.6 Å². The molecule has 2 atom stereocenters. The number of piperidine rings is 1. The molecule has 3 rings (SSSR count). The fourth-order valence-corrected chi connectivity index (χ4v) is 3.19. The molecule has 0 aliphatic carbocycles. The van der Waals surface area contributed by atoms with Gasteiger partial charge in [-0.25, -0.2) is 0 Å². The lowest BCUT2D eigenvalue weighted by Gasteiger charge is -2.38. The van der Waals surface area contributed by atoms with Crippen LogP contribution in [-0.4, -0.2) is 19.1 Å². The van der Waals surface area contributed by atoms with E-state index >= 15 is 0 Å². The molecule has 0 radical (unpaired) electrons. The first-order chi connectivity index (χ1) is 10.9. The third-order valence-corrected chi connectivity index (χ3v) is 4.29. The van der Waals surface area contributed by atoms with Crippen LogP contribution in [0, 0.1) is 0 Å². The second kappa shape index (κ2) is 6.24. The van der Waals surface area contributed by atoms with Gasteiger partial charge in [-0.3, -0.25) is 0 Å². The van der Waals surface area contributed by atoms with E-state index in [9.17, 15) is 13.2 Å². The van der Waals surface area contributed by atoms with Crippen LogP contribution in [0.25, 0.3) is 0 Å². The van der Waals surface area contributed by atoms with Crippen molar-refractivity contribution in [3.05, 3.63) is 65.7 Å². The fourth-order valence-electron chi connectivity index (χ4n) is 3.19. The largest absolute Gasteiger partial charge is 0.416 e. The average molecular weight is 320 g/mol. The minimum absolute atomic E-state index is 0.0523. The van der Waals surface area contributed by atoms with Crippen molar-refractivity contribution >= 4 is 5.69 Å². The molecule has 5 heteroatoms. The van der Waals surface area contributed by atoms with Crippen molar-refractivity contribution in [1.29, 1.82) is 0 Å². The molecular weight excluding hydrogens is 301 g/mol. The summed E-state index contributed by atoms with van der Waals surface area (Å²) >= 11 is 0. The summed E-state index contributed by atoms with van der Waals surface area (Å²) < 4.78 is 38.7. The molecule has 23 heavy (non-hydrogen) atoms. The average Bonchev–Trinajstić information content (AvgIpc) is 2.54. The summed E-state index contributed by atoms with van der Waals surface area (Å²) in [5.41, 5.74) is 7.29. The van der Waals surface area contributed by atoms with Gasteiger partial charge in [0.25, 0.3) is 0 Å². The Morgan fingerprint density at radius 1 is 0.957 bits per heavy atom. The van der Waals surface area contributed by atoms with Gasteiger partial charge in [-0.2, -0.15) is 13.2 Å². The summed E-state index contributed by atoms with van der Waals surface area (Å²) in [4.78, 5) is 1.96. The molecule has 2 aromatic carbocycles. The molecule has 122 valence electrons. The molecule has 0 aromatic heterocycles. The molecule has 2 aromatic rings. The van der Waals surface area contributed by atoms with Gasteiger partial charge in [-0.05, 0) is 30.2 Å². The molecule has 2 nitrogen and oxygen atoms in total. The second-order valence-corrected chi connectivity index (χ2v) is 6.06. The zero-order valence-corrected chi connectivity index (χ0v) is 12.6. The lowest BCUT2D eigenvalue weighted by atomic mass is 9.88. The quantitative estimate of drug-likeness (QED) is 0.905. The molecule has 1 aliphatic rings. The molecule has 0 spiro atoms. The topological polar surface area (TPSA) is 29.3 Å². The predicted molar refractivity (Wildman–Crippen MR) is 85.4 cm³/mol. The van der Waals surface area contributed by atoms with Gasteiger partial charge in [0.15, 0.2) is 0 Å². The van der Waals surface area contributed by atoms with Crippen molar-refractivity contribution in [2.45, 2.75) is 24.6 Å². The van der Waals surface area contributed by atoms with Gasteiger partial charge in [0.05, 0.1) is 5.56 Å². The summed E-state index contributed by atoms with van der Waals surface area (Å²) in [6.45, 7) is 1.25. The Kier molecular flexibility index (Phi) is 4.31. The van der Waals surface area contributed by atoms with Crippen LogP contribution in [-0.2, 0) is 6.18 Å². The molecule has 2 N–H and O–H groups in total. The lowest BCUT2D eigenvalue weighted by molar-refractivity contribution is -0.137. The third-order valence-electron chi connectivity index (χ3n) is 4.29. The van der Waals surface area contributed by atoms with Crippen molar-refractivity contribution in [3.63, 3.8) is 0 Å². The van der Waals surface area contributed by atoms with Crippen LogP contribution >= 0.6 is 0 Å². The summed E-state index contributed by atoms with van der Waals surface area (Å²) in [6, 6.07) is 15.4. The monoisotopic (exact) mass is 320 g/mol. The van der Waals surface area contributed by atoms with Crippen LogP contribution in [0.4, 0.5) is 18.9 Å². The van der Waals surface area contributed by atoms with Gasteiger partial charge < -0.3 is 10.6 Å². The Labute approximate surface area is 133 Å². The van der Waals surface area contributed by atoms with Gasteiger partial charge in [-0.1, -0.05) is 36.4 Å². The Bertz CT molecular complexity index is 655. The van der Waals surface area contributed by atoms with Gasteiger partial charge >= 0.3 is 6.18 Å². The predicted octanol–water partition coefficient (Wildman–Crippen LogP) is 4.03. The maximum atomic E-state index is 12.9. The number of rotatable bonds is 2. The van der Waals surface area contributed by atoms with Gasteiger partial charge in [0, 0.05) is 30.7 Å². The van der Waals surface area contributed by atoms with Crippen LogP contribution in [0.15, 0.2) is 54.6 Å². The SMILES string of the molecule is NC1CC(c2ccccc2)CN(c2cccc(C(F)(F)F)c2)C1. The van der Waals surface area contributed by atoms with Crippen LogP contribution in [0.1, 0.15) is 23.5 Å². The number of nitrogens with two attached hydrogens (primary N) is 1. The number of halogens is 3. The Balaban J connectivity index is 1.85. The lowest BCUT2D eigenvalue weighted by Crippen LogP contribution is -2.46. The highest BCUT2D eigenvalue weighted by atomic mass is 19.4. The van der Waals surface area contributed by atoms with E-state index in [1.807, 2.05) is 35.2 Å². The molecule has 2 unspecified atom stereocenters. The Hall–Kier alpha value is -2.01. The number of nitrogens with zero attached hydrogens (tertiary/aromatic N) is 1. The first-order valence-electron chi connectivity index (χ1n) is 7.66. The summed E-state index contributed by atoms with van der Waals surface area (Å²) in [6.07, 6.45) is -3.48. The van der Waals surface area contributed by atoms with Crippen LogP contribution in [0.3, 0.4) is 0 Å². The highest BCUT2D eigenvalue weighted by molar-refractivity contribution is 5.50. The van der Waals surface area contributed by atoms with Gasteiger partial charge in [0.2, 0.25) is 0 Å². The molecule has 1 heterocycles. The second-order valence-electron chi connectivity index (χ2n) is 6.06. The molecular formula is C18H19F3N2. The number of alkyl halides is 3. The third kappa shape index (κ3) is 3.67. The Morgan fingerprint density at radius 2 is 1.70 bits per heavy atom. The van der Waals surface area contributed by atoms with Crippen LogP contribution in [0.5, 0.6) is 0 Å². The number of anilines is 1. The van der Waals surface area contributed by atoms with E-state index in [0.717, 1.165) is 12.5 Å². The van der Waals surface area contributed by atoms with Crippen molar-refractivity contribution in [3.8, 4) is 0 Å². The summed E-state index contributed by atoms with van der Waals surface area (Å²) in [5.74, 6) is 0.231. The van der Waals surface area contributed by atoms with Crippen molar-refractivity contribution in [2.75, 3.05) is 18.0 Å². The van der Waals surface area contributed by atoms with Crippen molar-refractivity contribution < 1.29 is 13.2 Å². The molecule has 0 saturated carbocycles. The first kappa shape index (κ1) is 15.9. The zero-order chi connectivity index (χ0) is 16.4. The van der Waals surface area contributed by atoms with E-state index in [1.165, 1.54) is 17.7 Å². The van der Waals surface area contributed by atoms with E-state index < -0.39 is 11.7 Å². The molecule has 1 fully saturated rings. The van der Waals surface area contributed by atoms with E-state index in [-0.39, 0.29) is 12.0 Å². The van der Waals surface area contributed by atoms with Gasteiger partial charge in [0.1, 0.15) is 0 Å². The molecule has 0 bridgehead atoms. The highest BCUT2D eigenvalue weighted by Crippen LogP contribution is 2.34. The molecule has 1 saturated heterocycles. The molecule has 1 aliphatic heterocycles. The fraction of sp³-hybridized carbons (Fsp3) is 0.333. The van der Waals surface area contributed by atoms with E-state index in [2.05, 4.69) is 0 Å². The van der Waals surface area contributed by atoms with Crippen molar-refractivity contribution in [2.24, 2.45) is 5.73 Å². The maximum Gasteiger partial charge on any atom is 0.416 e. The summed E-state index contributed by atoms with van der Waals surface area (Å²) in [7, 11) is 0. The van der Waals surface area contributed by atoms with E-state index in [0.29, 0.717) is 18.8 Å². The zero-order valence-electron chi connectivity index (χ0n) is 12.6. The highest BCUT2D eigenvalue weighted by Gasteiger charge is 2.32. The smallest absolute Gasteiger partial charge is 0.369 e. The van der Waals surface area contributed by atoms with E-state index in [4.69, 9.17) is 5.73 Å². The van der Waals surface area contributed by atoms with Crippen molar-refractivity contribution in [1.82, 2.24) is 0 Å². The minimum Gasteiger partial charge on any atom is -0.369 e. The maximum absolute atomic E-state index is 12.9. The number of hydrogen-bond donors (Lipinski definition) is 1.